The van der Waals surface area contributed by atoms with Gasteiger partial charge in [0, 0.05) is 25.2 Å². The summed E-state index contributed by atoms with van der Waals surface area (Å²) in [6, 6.07) is 6.46. The first-order chi connectivity index (χ1) is 8.73. The second-order valence-corrected chi connectivity index (χ2v) is 6.12. The van der Waals surface area contributed by atoms with Gasteiger partial charge >= 0.3 is 0 Å². The van der Waals surface area contributed by atoms with Gasteiger partial charge in [-0.15, -0.1) is 11.3 Å². The lowest BCUT2D eigenvalue weighted by atomic mass is 9.81. The smallest absolute Gasteiger partial charge is 0.101 e. The van der Waals surface area contributed by atoms with E-state index in [0.29, 0.717) is 6.54 Å². The molecule has 3 rings (SSSR count). The van der Waals surface area contributed by atoms with Crippen molar-refractivity contribution in [2.75, 3.05) is 19.8 Å². The third-order valence-corrected chi connectivity index (χ3v) is 5.12. The highest BCUT2D eigenvalue weighted by Crippen LogP contribution is 2.38. The molecule has 0 aliphatic carbocycles. The van der Waals surface area contributed by atoms with Gasteiger partial charge < -0.3 is 10.5 Å². The van der Waals surface area contributed by atoms with Crippen LogP contribution in [-0.2, 0) is 10.2 Å². The number of ether oxygens (including phenoxy) is 1. The Morgan fingerprint density at radius 1 is 1.39 bits per heavy atom. The maximum absolute atomic E-state index is 6.03. The van der Waals surface area contributed by atoms with Crippen molar-refractivity contribution in [2.24, 2.45) is 5.73 Å². The van der Waals surface area contributed by atoms with Crippen LogP contribution in [0.3, 0.4) is 0 Å². The van der Waals surface area contributed by atoms with Crippen molar-refractivity contribution < 1.29 is 4.74 Å². The van der Waals surface area contributed by atoms with Crippen LogP contribution >= 0.6 is 11.3 Å². The quantitative estimate of drug-likeness (QED) is 0.905. The molecule has 1 aliphatic heterocycles. The number of rotatable bonds is 2. The first-order valence-electron chi connectivity index (χ1n) is 6.39. The number of thiazole rings is 1. The summed E-state index contributed by atoms with van der Waals surface area (Å²) in [6.45, 7) is 4.36. The highest BCUT2D eigenvalue weighted by Gasteiger charge is 2.36. The zero-order valence-electron chi connectivity index (χ0n) is 10.6. The van der Waals surface area contributed by atoms with Gasteiger partial charge in [0.1, 0.15) is 5.01 Å². The van der Waals surface area contributed by atoms with E-state index in [1.165, 1.54) is 15.3 Å². The molecular weight excluding hydrogens is 244 g/mol. The van der Waals surface area contributed by atoms with E-state index in [1.807, 2.05) is 0 Å². The van der Waals surface area contributed by atoms with Gasteiger partial charge in [0.15, 0.2) is 0 Å². The molecule has 1 fully saturated rings. The molecule has 0 atom stereocenters. The van der Waals surface area contributed by atoms with E-state index < -0.39 is 0 Å². The Morgan fingerprint density at radius 3 is 2.89 bits per heavy atom. The molecule has 4 heteroatoms. The average Bonchev–Trinajstić information content (AvgIpc) is 2.83. The number of hydrogen-bond donors (Lipinski definition) is 1. The van der Waals surface area contributed by atoms with E-state index >= 15 is 0 Å². The maximum atomic E-state index is 6.03. The van der Waals surface area contributed by atoms with E-state index in [9.17, 15) is 0 Å². The van der Waals surface area contributed by atoms with Gasteiger partial charge in [-0.05, 0) is 37.5 Å². The second kappa shape index (κ2) is 4.61. The number of benzene rings is 1. The first kappa shape index (κ1) is 12.1. The fourth-order valence-corrected chi connectivity index (χ4v) is 3.73. The molecule has 0 radical (unpaired) electrons. The zero-order valence-corrected chi connectivity index (χ0v) is 11.4. The van der Waals surface area contributed by atoms with Crippen LogP contribution in [0.5, 0.6) is 0 Å². The van der Waals surface area contributed by atoms with Crippen molar-refractivity contribution >= 4 is 21.6 Å². The predicted octanol–water partition coefficient (Wildman–Crippen LogP) is 2.61. The molecule has 0 unspecified atom stereocenters. The Balaban J connectivity index is 2.06. The molecule has 0 saturated carbocycles. The Hall–Kier alpha value is -0.970. The van der Waals surface area contributed by atoms with Crippen LogP contribution < -0.4 is 5.73 Å². The molecule has 1 aliphatic rings. The van der Waals surface area contributed by atoms with Crippen LogP contribution in [0.2, 0.25) is 0 Å². The highest BCUT2D eigenvalue weighted by molar-refractivity contribution is 7.18. The molecule has 2 heterocycles. The van der Waals surface area contributed by atoms with Gasteiger partial charge in [0.05, 0.1) is 10.2 Å². The summed E-state index contributed by atoms with van der Waals surface area (Å²) >= 11 is 1.79. The lowest BCUT2D eigenvalue weighted by molar-refractivity contribution is 0.0529. The summed E-state index contributed by atoms with van der Waals surface area (Å²) < 4.78 is 6.72. The lowest BCUT2D eigenvalue weighted by Crippen LogP contribution is -2.40. The van der Waals surface area contributed by atoms with Crippen LogP contribution in [0.4, 0.5) is 0 Å². The highest BCUT2D eigenvalue weighted by atomic mass is 32.1. The summed E-state index contributed by atoms with van der Waals surface area (Å²) in [5.74, 6) is 0. The number of aromatic nitrogens is 1. The van der Waals surface area contributed by atoms with Crippen LogP contribution in [0.25, 0.3) is 10.2 Å². The molecular formula is C14H18N2OS. The SMILES string of the molecule is Cc1ccc2sc(C3(CN)CCOCC3)nc2c1. The van der Waals surface area contributed by atoms with Crippen LogP contribution in [0, 0.1) is 6.92 Å². The maximum Gasteiger partial charge on any atom is 0.101 e. The van der Waals surface area contributed by atoms with Gasteiger partial charge in [-0.3, -0.25) is 0 Å². The van der Waals surface area contributed by atoms with E-state index in [1.54, 1.807) is 11.3 Å². The number of nitrogens with two attached hydrogens (primary N) is 1. The Kier molecular flexibility index (Phi) is 3.09. The Morgan fingerprint density at radius 2 is 2.17 bits per heavy atom. The number of hydrogen-bond acceptors (Lipinski definition) is 4. The number of fused-ring (bicyclic) bond motifs is 1. The van der Waals surface area contributed by atoms with E-state index in [4.69, 9.17) is 15.5 Å². The van der Waals surface area contributed by atoms with Crippen molar-refractivity contribution in [2.45, 2.75) is 25.2 Å². The minimum atomic E-state index is 0.0375. The van der Waals surface area contributed by atoms with Crippen molar-refractivity contribution in [1.29, 1.82) is 0 Å². The van der Waals surface area contributed by atoms with Gasteiger partial charge in [-0.2, -0.15) is 0 Å². The van der Waals surface area contributed by atoms with Crippen molar-refractivity contribution in [3.8, 4) is 0 Å². The van der Waals surface area contributed by atoms with E-state index in [0.717, 1.165) is 31.6 Å². The standard InChI is InChI=1S/C14H18N2OS/c1-10-2-3-12-11(8-10)16-13(18-12)14(9-15)4-6-17-7-5-14/h2-3,8H,4-7,9,15H2,1H3. The van der Waals surface area contributed by atoms with Crippen molar-refractivity contribution in [1.82, 2.24) is 4.98 Å². The molecule has 0 spiro atoms. The molecule has 2 aromatic rings. The third kappa shape index (κ3) is 1.94. The summed E-state index contributed by atoms with van der Waals surface area (Å²) in [7, 11) is 0. The van der Waals surface area contributed by atoms with Crippen LogP contribution in [0.15, 0.2) is 18.2 Å². The Bertz CT molecular complexity index is 558. The zero-order chi connectivity index (χ0) is 12.6. The summed E-state index contributed by atoms with van der Waals surface area (Å²) in [5, 5.41) is 1.19. The third-order valence-electron chi connectivity index (χ3n) is 3.84. The largest absolute Gasteiger partial charge is 0.381 e. The van der Waals surface area contributed by atoms with Gasteiger partial charge in [-0.25, -0.2) is 4.98 Å². The second-order valence-electron chi connectivity index (χ2n) is 5.09. The minimum Gasteiger partial charge on any atom is -0.381 e. The van der Waals surface area contributed by atoms with Gasteiger partial charge in [-0.1, -0.05) is 6.07 Å². The minimum absolute atomic E-state index is 0.0375. The number of aryl methyl sites for hydroxylation is 1. The normalized spacial score (nSPS) is 19.2. The van der Waals surface area contributed by atoms with Crippen molar-refractivity contribution in [3.63, 3.8) is 0 Å². The molecule has 2 N–H and O–H groups in total. The van der Waals surface area contributed by atoms with E-state index in [-0.39, 0.29) is 5.41 Å². The van der Waals surface area contributed by atoms with Crippen molar-refractivity contribution in [3.05, 3.63) is 28.8 Å². The van der Waals surface area contributed by atoms with Gasteiger partial charge in [0.2, 0.25) is 0 Å². The molecule has 3 nitrogen and oxygen atoms in total. The molecule has 0 bridgehead atoms. The summed E-state index contributed by atoms with van der Waals surface area (Å²) in [6.07, 6.45) is 1.98. The molecule has 1 aromatic carbocycles. The molecule has 18 heavy (non-hydrogen) atoms. The monoisotopic (exact) mass is 262 g/mol. The predicted molar refractivity (Wildman–Crippen MR) is 75.1 cm³/mol. The van der Waals surface area contributed by atoms with Crippen LogP contribution in [-0.4, -0.2) is 24.7 Å². The molecule has 1 saturated heterocycles. The average molecular weight is 262 g/mol. The molecule has 0 amide bonds. The van der Waals surface area contributed by atoms with Crippen LogP contribution in [0.1, 0.15) is 23.4 Å². The molecule has 1 aromatic heterocycles. The fraction of sp³-hybridized carbons (Fsp3) is 0.500. The summed E-state index contributed by atoms with van der Waals surface area (Å²) in [5.41, 5.74) is 8.43. The lowest BCUT2D eigenvalue weighted by Gasteiger charge is -2.34. The fourth-order valence-electron chi connectivity index (χ4n) is 2.53. The van der Waals surface area contributed by atoms with Gasteiger partial charge in [0.25, 0.3) is 0 Å². The first-order valence-corrected chi connectivity index (χ1v) is 7.21. The molecule has 96 valence electrons. The number of nitrogens with zero attached hydrogens (tertiary/aromatic N) is 1. The topological polar surface area (TPSA) is 48.1 Å². The summed E-state index contributed by atoms with van der Waals surface area (Å²) in [4.78, 5) is 4.82. The Labute approximate surface area is 111 Å². The van der Waals surface area contributed by atoms with E-state index in [2.05, 4.69) is 25.1 Å².